The van der Waals surface area contributed by atoms with Gasteiger partial charge in [0.2, 0.25) is 10.0 Å². The monoisotopic (exact) mass is 424 g/mol. The fourth-order valence-corrected chi connectivity index (χ4v) is 5.00. The van der Waals surface area contributed by atoms with Crippen molar-refractivity contribution in [1.82, 2.24) is 4.31 Å². The summed E-state index contributed by atoms with van der Waals surface area (Å²) in [6.45, 7) is 2.32. The molecule has 1 aliphatic rings. The van der Waals surface area contributed by atoms with Crippen molar-refractivity contribution in [1.29, 1.82) is 0 Å². The minimum atomic E-state index is -3.50. The first-order valence-corrected chi connectivity index (χ1v) is 11.5. The molecule has 3 aromatic rings. The maximum Gasteiger partial charge on any atom is 0.272 e. The number of aromatic nitrogens is 1. The van der Waals surface area contributed by atoms with Gasteiger partial charge in [-0.05, 0) is 17.2 Å². The van der Waals surface area contributed by atoms with Crippen LogP contribution in [0.3, 0.4) is 0 Å². The van der Waals surface area contributed by atoms with Gasteiger partial charge < -0.3 is 4.74 Å². The molecule has 1 aromatic heterocycles. The molecule has 0 saturated carbocycles. The van der Waals surface area contributed by atoms with Crippen LogP contribution in [0.1, 0.15) is 17.0 Å². The lowest BCUT2D eigenvalue weighted by molar-refractivity contribution is -0.364. The van der Waals surface area contributed by atoms with Crippen molar-refractivity contribution in [2.75, 3.05) is 38.2 Å². The fraction of sp³-hybridized carbons (Fsp3) is 0.261. The molecule has 0 aliphatic carbocycles. The van der Waals surface area contributed by atoms with E-state index in [0.29, 0.717) is 32.8 Å². The van der Waals surface area contributed by atoms with Gasteiger partial charge in [-0.1, -0.05) is 60.7 Å². The molecule has 7 heteroatoms. The summed E-state index contributed by atoms with van der Waals surface area (Å²) in [5.41, 5.74) is 2.45. The number of nitrogens with one attached hydrogen (secondary N) is 2. The van der Waals surface area contributed by atoms with Gasteiger partial charge in [0, 0.05) is 25.1 Å². The largest absolute Gasteiger partial charge is 0.379 e. The van der Waals surface area contributed by atoms with Crippen LogP contribution in [0.2, 0.25) is 0 Å². The maximum atomic E-state index is 12.8. The smallest absolute Gasteiger partial charge is 0.272 e. The zero-order valence-electron chi connectivity index (χ0n) is 16.7. The molecule has 4 rings (SSSR count). The predicted octanol–water partition coefficient (Wildman–Crippen LogP) is 2.77. The number of morpholine rings is 1. The van der Waals surface area contributed by atoms with Crippen LogP contribution in [0.5, 0.6) is 0 Å². The van der Waals surface area contributed by atoms with Crippen molar-refractivity contribution in [3.63, 3.8) is 0 Å². The zero-order valence-corrected chi connectivity index (χ0v) is 17.5. The summed E-state index contributed by atoms with van der Waals surface area (Å²) < 4.78 is 32.2. The van der Waals surface area contributed by atoms with E-state index in [1.165, 1.54) is 15.4 Å². The lowest BCUT2D eigenvalue weighted by atomic mass is 9.91. The molecule has 0 radical (unpaired) electrons. The molecule has 0 unspecified atom stereocenters. The van der Waals surface area contributed by atoms with Crippen molar-refractivity contribution < 1.29 is 18.1 Å². The first-order valence-electron chi connectivity index (χ1n) is 10.1. The van der Waals surface area contributed by atoms with Crippen LogP contribution in [0, 0.1) is 0 Å². The summed E-state index contributed by atoms with van der Waals surface area (Å²) in [5.74, 6) is 0.949. The molecule has 0 bridgehead atoms. The molecular formula is C23H26N3O3S+. The van der Waals surface area contributed by atoms with Crippen molar-refractivity contribution >= 4 is 15.8 Å². The van der Waals surface area contributed by atoms with E-state index in [4.69, 9.17) is 4.74 Å². The molecule has 0 atom stereocenters. The Morgan fingerprint density at radius 1 is 0.900 bits per heavy atom. The number of hydrogen-bond acceptors (Lipinski definition) is 4. The van der Waals surface area contributed by atoms with Crippen molar-refractivity contribution in [2.45, 2.75) is 10.8 Å². The average Bonchev–Trinajstić information content (AvgIpc) is 2.81. The van der Waals surface area contributed by atoms with Gasteiger partial charge in [0.25, 0.3) is 5.82 Å². The van der Waals surface area contributed by atoms with Crippen LogP contribution in [0.25, 0.3) is 0 Å². The summed E-state index contributed by atoms with van der Waals surface area (Å²) in [4.78, 5) is 3.35. The fourth-order valence-electron chi connectivity index (χ4n) is 3.63. The van der Waals surface area contributed by atoms with Gasteiger partial charge in [-0.2, -0.15) is 4.31 Å². The number of ether oxygens (including phenoxy) is 1. The van der Waals surface area contributed by atoms with E-state index in [-0.39, 0.29) is 10.8 Å². The number of anilines is 1. The Labute approximate surface area is 177 Å². The van der Waals surface area contributed by atoms with Crippen LogP contribution in [0.4, 0.5) is 5.82 Å². The highest BCUT2D eigenvalue weighted by molar-refractivity contribution is 7.89. The third-order valence-electron chi connectivity index (χ3n) is 5.29. The highest BCUT2D eigenvalue weighted by Crippen LogP contribution is 2.25. The topological polar surface area (TPSA) is 72.8 Å². The molecule has 0 spiro atoms. The Bertz CT molecular complexity index is 997. The van der Waals surface area contributed by atoms with Gasteiger partial charge in [0.1, 0.15) is 11.1 Å². The number of H-pyrrole nitrogens is 1. The Hall–Kier alpha value is -2.74. The minimum absolute atomic E-state index is 0.178. The van der Waals surface area contributed by atoms with Gasteiger partial charge in [-0.15, -0.1) is 0 Å². The molecule has 2 heterocycles. The lowest BCUT2D eigenvalue weighted by Crippen LogP contribution is -2.40. The third-order valence-corrected chi connectivity index (χ3v) is 7.19. The van der Waals surface area contributed by atoms with Gasteiger partial charge in [0.05, 0.1) is 19.8 Å². The Morgan fingerprint density at radius 3 is 2.03 bits per heavy atom. The zero-order chi connectivity index (χ0) is 20.8. The standard InChI is InChI=1S/C23H25N3O3S/c27-30(28,26-13-15-29-16-14-26)21-11-12-23(24-17-21)25-18-22(19-7-3-1-4-8-19)20-9-5-2-6-10-20/h1-12,17,22H,13-16,18H2,(H,24,25)/p+1. The molecule has 1 saturated heterocycles. The quantitative estimate of drug-likeness (QED) is 0.633. The number of hydrogen-bond donors (Lipinski definition) is 1. The summed E-state index contributed by atoms with van der Waals surface area (Å²) in [6.07, 6.45) is 1.55. The van der Waals surface area contributed by atoms with E-state index < -0.39 is 10.0 Å². The number of rotatable bonds is 7. The van der Waals surface area contributed by atoms with E-state index in [2.05, 4.69) is 34.6 Å². The summed E-state index contributed by atoms with van der Waals surface area (Å²) >= 11 is 0. The Balaban J connectivity index is 1.48. The van der Waals surface area contributed by atoms with Crippen LogP contribution in [-0.2, 0) is 14.8 Å². The molecule has 1 aliphatic heterocycles. The highest BCUT2D eigenvalue weighted by atomic mass is 32.2. The van der Waals surface area contributed by atoms with Gasteiger partial charge in [-0.3, -0.25) is 5.32 Å². The summed E-state index contributed by atoms with van der Waals surface area (Å²) in [5, 5.41) is 3.42. The molecular weight excluding hydrogens is 398 g/mol. The first kappa shape index (κ1) is 20.5. The SMILES string of the molecule is O=S(=O)(c1ccc(NCC(c2ccccc2)c2ccccc2)[nH+]c1)N1CCOCC1. The van der Waals surface area contributed by atoms with E-state index in [1.54, 1.807) is 18.3 Å². The molecule has 6 nitrogen and oxygen atoms in total. The minimum Gasteiger partial charge on any atom is -0.379 e. The van der Waals surface area contributed by atoms with E-state index in [1.807, 2.05) is 36.4 Å². The van der Waals surface area contributed by atoms with Crippen molar-refractivity contribution in [3.8, 4) is 0 Å². The number of pyridine rings is 1. The predicted molar refractivity (Wildman–Crippen MR) is 116 cm³/mol. The number of nitrogens with zero attached hydrogens (tertiary/aromatic N) is 1. The van der Waals surface area contributed by atoms with Gasteiger partial charge in [-0.25, -0.2) is 13.4 Å². The van der Waals surface area contributed by atoms with Crippen LogP contribution < -0.4 is 10.3 Å². The van der Waals surface area contributed by atoms with E-state index in [9.17, 15) is 8.42 Å². The molecule has 0 amide bonds. The molecule has 2 aromatic carbocycles. The number of benzene rings is 2. The molecule has 1 fully saturated rings. The average molecular weight is 425 g/mol. The molecule has 30 heavy (non-hydrogen) atoms. The van der Waals surface area contributed by atoms with Crippen LogP contribution in [-0.4, -0.2) is 45.6 Å². The van der Waals surface area contributed by atoms with Gasteiger partial charge >= 0.3 is 0 Å². The summed E-state index contributed by atoms with van der Waals surface area (Å²) in [7, 11) is -3.50. The lowest BCUT2D eigenvalue weighted by Gasteiger charge is -2.25. The third kappa shape index (κ3) is 4.70. The van der Waals surface area contributed by atoms with Crippen LogP contribution >= 0.6 is 0 Å². The molecule has 156 valence electrons. The summed E-state index contributed by atoms with van der Waals surface area (Å²) in [6, 6.07) is 24.1. The first-order chi connectivity index (χ1) is 14.6. The van der Waals surface area contributed by atoms with Crippen LogP contribution in [0.15, 0.2) is 83.9 Å². The molecule has 2 N–H and O–H groups in total. The van der Waals surface area contributed by atoms with Crippen molar-refractivity contribution in [3.05, 3.63) is 90.1 Å². The second-order valence-electron chi connectivity index (χ2n) is 7.21. The Morgan fingerprint density at radius 2 is 1.50 bits per heavy atom. The second kappa shape index (κ2) is 9.38. The highest BCUT2D eigenvalue weighted by Gasteiger charge is 2.27. The number of sulfonamides is 1. The van der Waals surface area contributed by atoms with Crippen molar-refractivity contribution in [2.24, 2.45) is 0 Å². The van der Waals surface area contributed by atoms with Gasteiger partial charge in [0.15, 0.2) is 0 Å². The van der Waals surface area contributed by atoms with E-state index in [0.717, 1.165) is 5.82 Å². The second-order valence-corrected chi connectivity index (χ2v) is 9.15. The number of aromatic amines is 1. The van der Waals surface area contributed by atoms with E-state index >= 15 is 0 Å². The Kier molecular flexibility index (Phi) is 6.42. The maximum absolute atomic E-state index is 12.8. The normalized spacial score (nSPS) is 15.2.